The van der Waals surface area contributed by atoms with E-state index >= 15 is 0 Å². The molecule has 2 heterocycles. The summed E-state index contributed by atoms with van der Waals surface area (Å²) in [5.74, 6) is 0. The molecule has 2 aromatic rings. The molecule has 2 nitrogen and oxygen atoms in total. The Kier molecular flexibility index (Phi) is 5.35. The van der Waals surface area contributed by atoms with Gasteiger partial charge in [0.1, 0.15) is 0 Å². The van der Waals surface area contributed by atoms with Crippen molar-refractivity contribution in [2.75, 3.05) is 0 Å². The molecule has 0 spiro atoms. The van der Waals surface area contributed by atoms with Crippen LogP contribution in [-0.4, -0.2) is 4.98 Å². The molecule has 0 radical (unpaired) electrons. The zero-order valence-corrected chi connectivity index (χ0v) is 12.8. The highest BCUT2D eigenvalue weighted by Gasteiger charge is 2.10. The molecule has 0 aliphatic rings. The van der Waals surface area contributed by atoms with E-state index in [1.807, 2.05) is 23.6 Å². The third kappa shape index (κ3) is 3.90. The molecule has 0 aliphatic heterocycles. The predicted molar refractivity (Wildman–Crippen MR) is 80.7 cm³/mol. The molecule has 0 bridgehead atoms. The molecule has 4 heteroatoms. The minimum atomic E-state index is 0.445. The fourth-order valence-corrected chi connectivity index (χ4v) is 2.93. The Morgan fingerprint density at radius 2 is 2.28 bits per heavy atom. The van der Waals surface area contributed by atoms with Gasteiger partial charge in [0.15, 0.2) is 0 Å². The SMILES string of the molecule is CCCC(NCc1ccc(Br)cn1)c1cccs1. The van der Waals surface area contributed by atoms with Crippen LogP contribution in [0.1, 0.15) is 36.4 Å². The van der Waals surface area contributed by atoms with Crippen molar-refractivity contribution < 1.29 is 0 Å². The number of nitrogens with one attached hydrogen (secondary N) is 1. The second kappa shape index (κ2) is 7.02. The standard InChI is InChI=1S/C14H17BrN2S/c1-2-4-13(14-5-3-8-18-14)17-10-12-7-6-11(15)9-16-12/h3,5-9,13,17H,2,4,10H2,1H3. The van der Waals surface area contributed by atoms with Crippen LogP contribution < -0.4 is 5.32 Å². The first-order chi connectivity index (χ1) is 8.79. The van der Waals surface area contributed by atoms with Crippen molar-refractivity contribution in [2.24, 2.45) is 0 Å². The van der Waals surface area contributed by atoms with E-state index in [1.165, 1.54) is 11.3 Å². The lowest BCUT2D eigenvalue weighted by atomic mass is 10.1. The van der Waals surface area contributed by atoms with Gasteiger partial charge in [0, 0.05) is 28.1 Å². The van der Waals surface area contributed by atoms with Crippen molar-refractivity contribution in [1.29, 1.82) is 0 Å². The number of pyridine rings is 1. The Bertz CT molecular complexity index is 453. The molecule has 0 aliphatic carbocycles. The Labute approximate surface area is 121 Å². The summed E-state index contributed by atoms with van der Waals surface area (Å²) in [6, 6.07) is 8.84. The molecule has 96 valence electrons. The summed E-state index contributed by atoms with van der Waals surface area (Å²) in [4.78, 5) is 5.80. The highest BCUT2D eigenvalue weighted by molar-refractivity contribution is 9.10. The van der Waals surface area contributed by atoms with Gasteiger partial charge in [0.2, 0.25) is 0 Å². The van der Waals surface area contributed by atoms with Crippen LogP contribution >= 0.6 is 27.3 Å². The largest absolute Gasteiger partial charge is 0.304 e. The third-order valence-corrected chi connectivity index (χ3v) is 4.24. The van der Waals surface area contributed by atoms with Crippen molar-refractivity contribution in [2.45, 2.75) is 32.4 Å². The second-order valence-corrected chi connectivity index (χ2v) is 6.10. The zero-order chi connectivity index (χ0) is 12.8. The van der Waals surface area contributed by atoms with Crippen LogP contribution in [0.25, 0.3) is 0 Å². The molecular weight excluding hydrogens is 308 g/mol. The summed E-state index contributed by atoms with van der Waals surface area (Å²) in [6.45, 7) is 3.04. The molecule has 0 amide bonds. The van der Waals surface area contributed by atoms with Gasteiger partial charge in [-0.2, -0.15) is 0 Å². The monoisotopic (exact) mass is 324 g/mol. The lowest BCUT2D eigenvalue weighted by molar-refractivity contribution is 0.496. The van der Waals surface area contributed by atoms with E-state index < -0.39 is 0 Å². The van der Waals surface area contributed by atoms with E-state index in [1.54, 1.807) is 0 Å². The van der Waals surface area contributed by atoms with E-state index in [0.717, 1.165) is 23.1 Å². The van der Waals surface area contributed by atoms with Crippen LogP contribution in [0.5, 0.6) is 0 Å². The second-order valence-electron chi connectivity index (χ2n) is 4.21. The van der Waals surface area contributed by atoms with Gasteiger partial charge in [-0.05, 0) is 45.9 Å². The first-order valence-corrected chi connectivity index (χ1v) is 7.84. The Morgan fingerprint density at radius 1 is 1.39 bits per heavy atom. The van der Waals surface area contributed by atoms with Crippen molar-refractivity contribution >= 4 is 27.3 Å². The van der Waals surface area contributed by atoms with Crippen LogP contribution in [0.2, 0.25) is 0 Å². The number of halogens is 1. The lowest BCUT2D eigenvalue weighted by Crippen LogP contribution is -2.20. The maximum Gasteiger partial charge on any atom is 0.0542 e. The normalized spacial score (nSPS) is 12.6. The third-order valence-electron chi connectivity index (χ3n) is 2.78. The average Bonchev–Trinajstić information content (AvgIpc) is 2.90. The topological polar surface area (TPSA) is 24.9 Å². The van der Waals surface area contributed by atoms with Gasteiger partial charge < -0.3 is 5.32 Å². The number of nitrogens with zero attached hydrogens (tertiary/aromatic N) is 1. The Balaban J connectivity index is 1.95. The highest BCUT2D eigenvalue weighted by atomic mass is 79.9. The van der Waals surface area contributed by atoms with Crippen molar-refractivity contribution in [3.63, 3.8) is 0 Å². The smallest absolute Gasteiger partial charge is 0.0542 e. The van der Waals surface area contributed by atoms with Gasteiger partial charge in [-0.3, -0.25) is 4.98 Å². The number of aromatic nitrogens is 1. The molecule has 1 atom stereocenters. The van der Waals surface area contributed by atoms with Crippen LogP contribution in [0.4, 0.5) is 0 Å². The summed E-state index contributed by atoms with van der Waals surface area (Å²) in [7, 11) is 0. The molecular formula is C14H17BrN2S. The molecule has 2 aromatic heterocycles. The lowest BCUT2D eigenvalue weighted by Gasteiger charge is -2.16. The minimum Gasteiger partial charge on any atom is -0.304 e. The fourth-order valence-electron chi connectivity index (χ4n) is 1.86. The molecule has 0 saturated carbocycles. The van der Waals surface area contributed by atoms with Crippen LogP contribution in [0.3, 0.4) is 0 Å². The van der Waals surface area contributed by atoms with Crippen LogP contribution in [0.15, 0.2) is 40.3 Å². The summed E-state index contributed by atoms with van der Waals surface area (Å²) in [6.07, 6.45) is 4.19. The number of hydrogen-bond acceptors (Lipinski definition) is 3. The van der Waals surface area contributed by atoms with Gasteiger partial charge in [-0.15, -0.1) is 11.3 Å². The quantitative estimate of drug-likeness (QED) is 0.843. The first-order valence-electron chi connectivity index (χ1n) is 6.17. The number of thiophene rings is 1. The first kappa shape index (κ1) is 13.7. The van der Waals surface area contributed by atoms with Crippen LogP contribution in [0, 0.1) is 0 Å². The van der Waals surface area contributed by atoms with E-state index in [2.05, 4.69) is 56.7 Å². The van der Waals surface area contributed by atoms with E-state index in [0.29, 0.717) is 6.04 Å². The van der Waals surface area contributed by atoms with E-state index in [4.69, 9.17) is 0 Å². The summed E-state index contributed by atoms with van der Waals surface area (Å²) < 4.78 is 1.02. The molecule has 0 fully saturated rings. The Morgan fingerprint density at radius 3 is 2.89 bits per heavy atom. The summed E-state index contributed by atoms with van der Waals surface area (Å²) >= 11 is 5.22. The summed E-state index contributed by atoms with van der Waals surface area (Å²) in [5.41, 5.74) is 1.08. The van der Waals surface area contributed by atoms with Crippen molar-refractivity contribution in [3.05, 3.63) is 50.9 Å². The fraction of sp³-hybridized carbons (Fsp3) is 0.357. The molecule has 1 unspecified atom stereocenters. The van der Waals surface area contributed by atoms with Gasteiger partial charge in [-0.25, -0.2) is 0 Å². The van der Waals surface area contributed by atoms with Gasteiger partial charge in [0.05, 0.1) is 5.69 Å². The number of hydrogen-bond donors (Lipinski definition) is 1. The summed E-state index contributed by atoms with van der Waals surface area (Å²) in [5, 5.41) is 5.73. The molecule has 0 aromatic carbocycles. The zero-order valence-electron chi connectivity index (χ0n) is 10.4. The maximum atomic E-state index is 4.39. The molecule has 2 rings (SSSR count). The number of rotatable bonds is 6. The molecule has 18 heavy (non-hydrogen) atoms. The molecule has 0 saturated heterocycles. The van der Waals surface area contributed by atoms with Crippen molar-refractivity contribution in [1.82, 2.24) is 10.3 Å². The predicted octanol–water partition coefficient (Wildman–Crippen LogP) is 4.54. The Hall–Kier alpha value is -0.710. The molecule has 1 N–H and O–H groups in total. The van der Waals surface area contributed by atoms with Crippen LogP contribution in [-0.2, 0) is 6.54 Å². The highest BCUT2D eigenvalue weighted by Crippen LogP contribution is 2.23. The average molecular weight is 325 g/mol. The van der Waals surface area contributed by atoms with Gasteiger partial charge in [0.25, 0.3) is 0 Å². The van der Waals surface area contributed by atoms with Gasteiger partial charge in [-0.1, -0.05) is 19.4 Å². The van der Waals surface area contributed by atoms with Gasteiger partial charge >= 0.3 is 0 Å². The maximum absolute atomic E-state index is 4.39. The van der Waals surface area contributed by atoms with E-state index in [-0.39, 0.29) is 0 Å². The van der Waals surface area contributed by atoms with E-state index in [9.17, 15) is 0 Å². The van der Waals surface area contributed by atoms with Crippen molar-refractivity contribution in [3.8, 4) is 0 Å². The minimum absolute atomic E-state index is 0.445.